The number of amides is 2. The van der Waals surface area contributed by atoms with Gasteiger partial charge in [0.25, 0.3) is 0 Å². The minimum absolute atomic E-state index is 0.0135. The van der Waals surface area contributed by atoms with Crippen LogP contribution in [0.15, 0.2) is 72.4 Å². The van der Waals surface area contributed by atoms with E-state index < -0.39 is 53.7 Å². The molecule has 12 heteroatoms. The molecule has 2 aromatic rings. The number of carbonyl (C=O) groups excluding carboxylic acids is 5. The summed E-state index contributed by atoms with van der Waals surface area (Å²) in [4.78, 5) is 66.0. The van der Waals surface area contributed by atoms with Crippen molar-refractivity contribution in [3.63, 3.8) is 0 Å². The van der Waals surface area contributed by atoms with Crippen molar-refractivity contribution < 1.29 is 47.7 Å². The van der Waals surface area contributed by atoms with Gasteiger partial charge in [-0.25, -0.2) is 19.2 Å². The van der Waals surface area contributed by atoms with Crippen LogP contribution in [0.4, 0.5) is 9.59 Å². The van der Waals surface area contributed by atoms with Crippen molar-refractivity contribution in [1.29, 1.82) is 0 Å². The molecule has 0 aliphatic carbocycles. The molecule has 0 saturated carbocycles. The van der Waals surface area contributed by atoms with E-state index in [0.29, 0.717) is 5.56 Å². The molecular formula is C32H38N2O10. The van der Waals surface area contributed by atoms with E-state index in [2.05, 4.69) is 5.32 Å². The number of esters is 3. The van der Waals surface area contributed by atoms with E-state index in [1.165, 1.54) is 13.2 Å². The van der Waals surface area contributed by atoms with Crippen LogP contribution in [0.5, 0.6) is 0 Å². The smallest absolute Gasteiger partial charge is 0.412 e. The third-order valence-corrected chi connectivity index (χ3v) is 6.62. The minimum atomic E-state index is -1.37. The number of carbonyl (C=O) groups is 5. The fourth-order valence-corrected chi connectivity index (χ4v) is 4.63. The largest absolute Gasteiger partial charge is 0.469 e. The summed E-state index contributed by atoms with van der Waals surface area (Å²) in [5, 5.41) is 2.37. The Hall–Kier alpha value is -4.87. The van der Waals surface area contributed by atoms with Gasteiger partial charge in [0.2, 0.25) is 0 Å². The van der Waals surface area contributed by atoms with Crippen LogP contribution in [-0.2, 0) is 51.3 Å². The molecule has 2 amide bonds. The lowest BCUT2D eigenvalue weighted by Crippen LogP contribution is -2.50. The Bertz CT molecular complexity index is 1340. The van der Waals surface area contributed by atoms with E-state index in [4.69, 9.17) is 23.7 Å². The molecular weight excluding hydrogens is 572 g/mol. The lowest BCUT2D eigenvalue weighted by Gasteiger charge is -2.32. The van der Waals surface area contributed by atoms with Crippen LogP contribution in [-0.4, -0.2) is 66.9 Å². The van der Waals surface area contributed by atoms with E-state index in [1.807, 2.05) is 12.1 Å². The van der Waals surface area contributed by atoms with E-state index >= 15 is 0 Å². The fraction of sp³-hybridized carbons (Fsp3) is 0.406. The van der Waals surface area contributed by atoms with Crippen molar-refractivity contribution in [1.82, 2.24) is 10.2 Å². The number of hydrogen-bond donors (Lipinski definition) is 1. The molecule has 1 fully saturated rings. The van der Waals surface area contributed by atoms with Gasteiger partial charge in [-0.2, -0.15) is 0 Å². The zero-order valence-electron chi connectivity index (χ0n) is 25.4. The number of benzene rings is 2. The third kappa shape index (κ3) is 9.58. The van der Waals surface area contributed by atoms with Crippen LogP contribution in [0.3, 0.4) is 0 Å². The summed E-state index contributed by atoms with van der Waals surface area (Å²) in [5.41, 5.74) is 0.272. The molecule has 2 aromatic carbocycles. The van der Waals surface area contributed by atoms with Crippen LogP contribution >= 0.6 is 0 Å². The Morgan fingerprint density at radius 2 is 1.41 bits per heavy atom. The highest BCUT2D eigenvalue weighted by molar-refractivity contribution is 5.92. The third-order valence-electron chi connectivity index (χ3n) is 6.62. The summed E-state index contributed by atoms with van der Waals surface area (Å²) in [7, 11) is 2.32. The lowest BCUT2D eigenvalue weighted by atomic mass is 9.98. The number of rotatable bonds is 10. The van der Waals surface area contributed by atoms with Gasteiger partial charge in [-0.3, -0.25) is 15.0 Å². The maximum Gasteiger partial charge on any atom is 0.412 e. The van der Waals surface area contributed by atoms with E-state index in [1.54, 1.807) is 69.3 Å². The van der Waals surface area contributed by atoms with Gasteiger partial charge in [0, 0.05) is 6.04 Å². The zero-order valence-corrected chi connectivity index (χ0v) is 25.4. The minimum Gasteiger partial charge on any atom is -0.469 e. The predicted octanol–water partition coefficient (Wildman–Crippen LogP) is 4.27. The fourth-order valence-electron chi connectivity index (χ4n) is 4.63. The molecule has 12 nitrogen and oxygen atoms in total. The second-order valence-corrected chi connectivity index (χ2v) is 11.0. The van der Waals surface area contributed by atoms with Crippen LogP contribution in [0, 0.1) is 5.92 Å². The first-order chi connectivity index (χ1) is 20.9. The number of likely N-dealkylation sites (tertiary alicyclic amines) is 1. The summed E-state index contributed by atoms with van der Waals surface area (Å²) in [6.07, 6.45) is -0.516. The number of hydrogen-bond acceptors (Lipinski definition) is 10. The van der Waals surface area contributed by atoms with Gasteiger partial charge in [0.1, 0.15) is 30.6 Å². The lowest BCUT2D eigenvalue weighted by molar-refractivity contribution is -0.158. The maximum atomic E-state index is 13.5. The zero-order chi connectivity index (χ0) is 32.3. The molecule has 1 aliphatic rings. The molecule has 1 saturated heterocycles. The van der Waals surface area contributed by atoms with Crippen molar-refractivity contribution >= 4 is 30.1 Å². The molecule has 0 radical (unpaired) electrons. The highest BCUT2D eigenvalue weighted by Crippen LogP contribution is 2.35. The van der Waals surface area contributed by atoms with Crippen LogP contribution in [0.2, 0.25) is 0 Å². The van der Waals surface area contributed by atoms with Crippen molar-refractivity contribution in [3.8, 4) is 0 Å². The second-order valence-electron chi connectivity index (χ2n) is 11.0. The number of methoxy groups -OCH3 is 2. The molecule has 0 bridgehead atoms. The maximum absolute atomic E-state index is 13.5. The van der Waals surface area contributed by atoms with Gasteiger partial charge in [-0.1, -0.05) is 66.7 Å². The molecule has 0 unspecified atom stereocenters. The molecule has 0 aromatic heterocycles. The molecule has 1 aliphatic heterocycles. The first kappa shape index (κ1) is 33.6. The number of ether oxygens (including phenoxy) is 5. The Labute approximate surface area is 256 Å². The standard InChI is InChI=1S/C32H38N2O10/c1-32(2,3)44-31(39)34-23(16-17-25(28(36)41-5)33-30(38)43-20-22-14-10-7-11-15-22)18-24(27(35)40-4)26(34)29(37)42-19-21-12-8-6-9-13-21/h6-15,17,23-24,26H,16,18-20H2,1-5H3,(H,33,38)/b25-17+/t23-,24-,26-/m0/s1. The molecule has 3 rings (SSSR count). The topological polar surface area (TPSA) is 147 Å². The first-order valence-electron chi connectivity index (χ1n) is 14.0. The number of nitrogens with zero attached hydrogens (tertiary/aromatic N) is 1. The number of alkyl carbamates (subject to hydrolysis) is 1. The van der Waals surface area contributed by atoms with Crippen LogP contribution < -0.4 is 5.32 Å². The summed E-state index contributed by atoms with van der Waals surface area (Å²) >= 11 is 0. The van der Waals surface area contributed by atoms with Gasteiger partial charge in [-0.05, 0) is 44.7 Å². The van der Waals surface area contributed by atoms with E-state index in [9.17, 15) is 24.0 Å². The summed E-state index contributed by atoms with van der Waals surface area (Å²) in [5.74, 6) is -3.49. The monoisotopic (exact) mass is 610 g/mol. The Kier molecular flexibility index (Phi) is 11.9. The van der Waals surface area contributed by atoms with E-state index in [0.717, 1.165) is 17.6 Å². The Balaban J connectivity index is 1.86. The predicted molar refractivity (Wildman–Crippen MR) is 156 cm³/mol. The molecule has 44 heavy (non-hydrogen) atoms. The normalized spacial score (nSPS) is 18.2. The van der Waals surface area contributed by atoms with Crippen molar-refractivity contribution in [3.05, 3.63) is 83.6 Å². The summed E-state index contributed by atoms with van der Waals surface area (Å²) in [6.45, 7) is 4.87. The SMILES string of the molecule is COC(=O)/C(=C\C[C@H]1C[C@H](C(=O)OC)[C@@H](C(=O)OCc2ccccc2)N1C(=O)OC(C)(C)C)NC(=O)OCc1ccccc1. The van der Waals surface area contributed by atoms with Crippen LogP contribution in [0.25, 0.3) is 0 Å². The quantitative estimate of drug-likeness (QED) is 0.235. The molecule has 1 N–H and O–H groups in total. The average Bonchev–Trinajstić information content (AvgIpc) is 3.40. The second kappa shape index (κ2) is 15.6. The Morgan fingerprint density at radius 1 is 0.841 bits per heavy atom. The summed E-state index contributed by atoms with van der Waals surface area (Å²) < 4.78 is 26.1. The number of nitrogens with one attached hydrogen (secondary N) is 1. The molecule has 1 heterocycles. The highest BCUT2D eigenvalue weighted by atomic mass is 16.6. The van der Waals surface area contributed by atoms with E-state index in [-0.39, 0.29) is 31.8 Å². The first-order valence-corrected chi connectivity index (χ1v) is 14.0. The van der Waals surface area contributed by atoms with Crippen molar-refractivity contribution in [2.75, 3.05) is 14.2 Å². The average molecular weight is 611 g/mol. The van der Waals surface area contributed by atoms with Gasteiger partial charge in [0.15, 0.2) is 0 Å². The molecule has 3 atom stereocenters. The van der Waals surface area contributed by atoms with Crippen molar-refractivity contribution in [2.45, 2.75) is 64.5 Å². The van der Waals surface area contributed by atoms with Crippen LogP contribution in [0.1, 0.15) is 44.7 Å². The summed E-state index contributed by atoms with van der Waals surface area (Å²) in [6, 6.07) is 15.7. The Morgan fingerprint density at radius 3 is 1.93 bits per heavy atom. The van der Waals surface area contributed by atoms with Crippen molar-refractivity contribution in [2.24, 2.45) is 5.92 Å². The van der Waals surface area contributed by atoms with Gasteiger partial charge in [0.05, 0.1) is 20.1 Å². The van der Waals surface area contributed by atoms with Gasteiger partial charge < -0.3 is 23.7 Å². The van der Waals surface area contributed by atoms with Gasteiger partial charge >= 0.3 is 30.1 Å². The molecule has 236 valence electrons. The molecule has 0 spiro atoms. The van der Waals surface area contributed by atoms with Gasteiger partial charge in [-0.15, -0.1) is 0 Å². The highest BCUT2D eigenvalue weighted by Gasteiger charge is 2.53.